The molecule has 4 heteroatoms. The minimum atomic E-state index is 0.727. The van der Waals surface area contributed by atoms with E-state index in [4.69, 9.17) is 4.74 Å². The summed E-state index contributed by atoms with van der Waals surface area (Å²) in [6, 6.07) is 10.6. The van der Waals surface area contributed by atoms with Crippen molar-refractivity contribution in [1.82, 2.24) is 10.6 Å². The summed E-state index contributed by atoms with van der Waals surface area (Å²) in [6.07, 6.45) is 4.49. The van der Waals surface area contributed by atoms with Gasteiger partial charge in [0.05, 0.1) is 6.61 Å². The number of guanidine groups is 1. The number of nitrogens with one attached hydrogen (secondary N) is 2. The molecule has 0 aliphatic carbocycles. The zero-order chi connectivity index (χ0) is 15.2. The second-order valence-electron chi connectivity index (χ2n) is 4.98. The van der Waals surface area contributed by atoms with Crippen LogP contribution in [-0.2, 0) is 11.2 Å². The van der Waals surface area contributed by atoms with E-state index in [0.717, 1.165) is 51.5 Å². The molecule has 0 fully saturated rings. The van der Waals surface area contributed by atoms with E-state index in [1.54, 1.807) is 7.05 Å². The van der Waals surface area contributed by atoms with Crippen molar-refractivity contribution in [3.8, 4) is 0 Å². The molecule has 4 nitrogen and oxygen atoms in total. The lowest BCUT2D eigenvalue weighted by Crippen LogP contribution is -2.39. The monoisotopic (exact) mass is 291 g/mol. The Morgan fingerprint density at radius 1 is 1.05 bits per heavy atom. The first-order valence-electron chi connectivity index (χ1n) is 7.93. The third kappa shape index (κ3) is 9.08. The first-order valence-corrected chi connectivity index (χ1v) is 7.93. The molecule has 2 N–H and O–H groups in total. The van der Waals surface area contributed by atoms with Crippen molar-refractivity contribution in [1.29, 1.82) is 0 Å². The van der Waals surface area contributed by atoms with Crippen LogP contribution in [0.1, 0.15) is 31.7 Å². The SMILES string of the molecule is CCCCOCCNC(=NC)NCCCc1ccccc1. The minimum Gasteiger partial charge on any atom is -0.380 e. The maximum Gasteiger partial charge on any atom is 0.191 e. The van der Waals surface area contributed by atoms with Crippen molar-refractivity contribution in [3.05, 3.63) is 35.9 Å². The zero-order valence-electron chi connectivity index (χ0n) is 13.4. The summed E-state index contributed by atoms with van der Waals surface area (Å²) in [5.41, 5.74) is 1.38. The average molecular weight is 291 g/mol. The van der Waals surface area contributed by atoms with E-state index in [1.165, 1.54) is 12.0 Å². The molecule has 0 aromatic heterocycles. The van der Waals surface area contributed by atoms with E-state index in [1.807, 2.05) is 0 Å². The molecule has 0 atom stereocenters. The smallest absolute Gasteiger partial charge is 0.191 e. The average Bonchev–Trinajstić information content (AvgIpc) is 2.53. The van der Waals surface area contributed by atoms with Crippen molar-refractivity contribution < 1.29 is 4.74 Å². The Balaban J connectivity index is 2.03. The van der Waals surface area contributed by atoms with E-state index < -0.39 is 0 Å². The van der Waals surface area contributed by atoms with Crippen LogP contribution in [0.15, 0.2) is 35.3 Å². The lowest BCUT2D eigenvalue weighted by atomic mass is 10.1. The largest absolute Gasteiger partial charge is 0.380 e. The van der Waals surface area contributed by atoms with Crippen LogP contribution in [0, 0.1) is 0 Å². The summed E-state index contributed by atoms with van der Waals surface area (Å²) < 4.78 is 5.51. The molecule has 0 radical (unpaired) electrons. The quantitative estimate of drug-likeness (QED) is 0.396. The topological polar surface area (TPSA) is 45.6 Å². The Morgan fingerprint density at radius 2 is 1.81 bits per heavy atom. The predicted octanol–water partition coefficient (Wildman–Crippen LogP) is 2.60. The number of unbranched alkanes of at least 4 members (excludes halogenated alkanes) is 1. The highest BCUT2D eigenvalue weighted by atomic mass is 16.5. The third-order valence-electron chi connectivity index (χ3n) is 3.18. The van der Waals surface area contributed by atoms with E-state index in [-0.39, 0.29) is 0 Å². The fourth-order valence-electron chi connectivity index (χ4n) is 1.95. The normalized spacial score (nSPS) is 11.4. The minimum absolute atomic E-state index is 0.727. The molecule has 0 saturated carbocycles. The number of hydrogen-bond donors (Lipinski definition) is 2. The van der Waals surface area contributed by atoms with E-state index in [2.05, 4.69) is 52.9 Å². The summed E-state index contributed by atoms with van der Waals surface area (Å²) in [4.78, 5) is 4.21. The Kier molecular flexibility index (Phi) is 10.2. The second kappa shape index (κ2) is 12.2. The molecule has 0 unspecified atom stereocenters. The highest BCUT2D eigenvalue weighted by molar-refractivity contribution is 5.79. The van der Waals surface area contributed by atoms with Gasteiger partial charge in [0, 0.05) is 26.7 Å². The summed E-state index contributed by atoms with van der Waals surface area (Å²) >= 11 is 0. The molecule has 1 aromatic rings. The molecule has 0 aliphatic rings. The number of rotatable bonds is 10. The molecule has 0 aliphatic heterocycles. The van der Waals surface area contributed by atoms with Gasteiger partial charge in [-0.25, -0.2) is 0 Å². The second-order valence-corrected chi connectivity index (χ2v) is 4.98. The summed E-state index contributed by atoms with van der Waals surface area (Å²) in [5, 5.41) is 6.58. The van der Waals surface area contributed by atoms with Gasteiger partial charge >= 0.3 is 0 Å². The Morgan fingerprint density at radius 3 is 2.52 bits per heavy atom. The first-order chi connectivity index (χ1) is 10.4. The number of ether oxygens (including phenoxy) is 1. The molecule has 0 spiro atoms. The Hall–Kier alpha value is -1.55. The third-order valence-corrected chi connectivity index (χ3v) is 3.18. The Bertz CT molecular complexity index is 379. The van der Waals surface area contributed by atoms with Gasteiger partial charge in [-0.1, -0.05) is 43.7 Å². The van der Waals surface area contributed by atoms with Crippen molar-refractivity contribution in [2.24, 2.45) is 4.99 Å². The lowest BCUT2D eigenvalue weighted by molar-refractivity contribution is 0.136. The first kappa shape index (κ1) is 17.5. The molecular weight excluding hydrogens is 262 g/mol. The zero-order valence-corrected chi connectivity index (χ0v) is 13.4. The molecule has 0 amide bonds. The van der Waals surface area contributed by atoms with Gasteiger partial charge in [0.2, 0.25) is 0 Å². The molecule has 21 heavy (non-hydrogen) atoms. The molecule has 1 rings (SSSR count). The lowest BCUT2D eigenvalue weighted by Gasteiger charge is -2.12. The van der Waals surface area contributed by atoms with Gasteiger partial charge in [-0.3, -0.25) is 4.99 Å². The van der Waals surface area contributed by atoms with Gasteiger partial charge in [-0.05, 0) is 24.8 Å². The van der Waals surface area contributed by atoms with Crippen molar-refractivity contribution in [2.75, 3.05) is 33.4 Å². The molecule has 1 aromatic carbocycles. The fourth-order valence-corrected chi connectivity index (χ4v) is 1.95. The van der Waals surface area contributed by atoms with Gasteiger partial charge in [0.25, 0.3) is 0 Å². The molecular formula is C17H29N3O. The Labute approximate surface area is 129 Å². The van der Waals surface area contributed by atoms with E-state index >= 15 is 0 Å². The number of nitrogens with zero attached hydrogens (tertiary/aromatic N) is 1. The van der Waals surface area contributed by atoms with Crippen LogP contribution < -0.4 is 10.6 Å². The van der Waals surface area contributed by atoms with Crippen LogP contribution in [0.2, 0.25) is 0 Å². The van der Waals surface area contributed by atoms with Gasteiger partial charge in [0.15, 0.2) is 5.96 Å². The van der Waals surface area contributed by atoms with Crippen LogP contribution in [0.5, 0.6) is 0 Å². The van der Waals surface area contributed by atoms with Crippen LogP contribution in [0.3, 0.4) is 0 Å². The highest BCUT2D eigenvalue weighted by Gasteiger charge is 1.97. The molecule has 0 bridgehead atoms. The molecule has 118 valence electrons. The number of hydrogen-bond acceptors (Lipinski definition) is 2. The fraction of sp³-hybridized carbons (Fsp3) is 0.588. The maximum atomic E-state index is 5.51. The number of benzene rings is 1. The molecule has 0 heterocycles. The number of aryl methyl sites for hydroxylation is 1. The standard InChI is InChI=1S/C17H29N3O/c1-3-4-14-21-15-13-20-17(18-2)19-12-8-11-16-9-6-5-7-10-16/h5-7,9-10H,3-4,8,11-15H2,1-2H3,(H2,18,19,20). The van der Waals surface area contributed by atoms with Gasteiger partial charge in [-0.15, -0.1) is 0 Å². The van der Waals surface area contributed by atoms with Crippen molar-refractivity contribution >= 4 is 5.96 Å². The van der Waals surface area contributed by atoms with Gasteiger partial charge < -0.3 is 15.4 Å². The highest BCUT2D eigenvalue weighted by Crippen LogP contribution is 2.01. The van der Waals surface area contributed by atoms with Crippen molar-refractivity contribution in [2.45, 2.75) is 32.6 Å². The predicted molar refractivity (Wildman–Crippen MR) is 89.9 cm³/mol. The summed E-state index contributed by atoms with van der Waals surface area (Å²) in [5.74, 6) is 0.849. The van der Waals surface area contributed by atoms with Gasteiger partial charge in [-0.2, -0.15) is 0 Å². The van der Waals surface area contributed by atoms with Crippen molar-refractivity contribution in [3.63, 3.8) is 0 Å². The van der Waals surface area contributed by atoms with Gasteiger partial charge in [0.1, 0.15) is 0 Å². The van der Waals surface area contributed by atoms with Crippen LogP contribution in [0.4, 0.5) is 0 Å². The number of aliphatic imine (C=N–C) groups is 1. The summed E-state index contributed by atoms with van der Waals surface area (Å²) in [6.45, 7) is 5.46. The van der Waals surface area contributed by atoms with E-state index in [9.17, 15) is 0 Å². The molecule has 0 saturated heterocycles. The van der Waals surface area contributed by atoms with Crippen LogP contribution in [-0.4, -0.2) is 39.3 Å². The summed E-state index contributed by atoms with van der Waals surface area (Å²) in [7, 11) is 1.80. The van der Waals surface area contributed by atoms with Crippen LogP contribution >= 0.6 is 0 Å². The maximum absolute atomic E-state index is 5.51. The van der Waals surface area contributed by atoms with E-state index in [0.29, 0.717) is 0 Å². The van der Waals surface area contributed by atoms with Crippen LogP contribution in [0.25, 0.3) is 0 Å².